The Balaban J connectivity index is 2.49. The fourth-order valence-electron chi connectivity index (χ4n) is 2.03. The van der Waals surface area contributed by atoms with Gasteiger partial charge < -0.3 is 4.74 Å². The first kappa shape index (κ1) is 16.5. The van der Waals surface area contributed by atoms with Crippen LogP contribution in [-0.2, 0) is 4.74 Å². The van der Waals surface area contributed by atoms with Gasteiger partial charge in [0.25, 0.3) is 0 Å². The van der Waals surface area contributed by atoms with Gasteiger partial charge >= 0.3 is 5.97 Å². The van der Waals surface area contributed by atoms with Crippen LogP contribution in [0.15, 0.2) is 42.2 Å². The maximum atomic E-state index is 12.0. The van der Waals surface area contributed by atoms with Crippen LogP contribution in [0.5, 0.6) is 0 Å². The van der Waals surface area contributed by atoms with Crippen molar-refractivity contribution in [3.05, 3.63) is 47.7 Å². The molecule has 1 aromatic carbocycles. The summed E-state index contributed by atoms with van der Waals surface area (Å²) in [6, 6.07) is 9.17. The number of rotatable bonds is 9. The molecule has 0 aromatic heterocycles. The maximum Gasteiger partial charge on any atom is 0.343 e. The van der Waals surface area contributed by atoms with Crippen LogP contribution in [0.2, 0.25) is 0 Å². The van der Waals surface area contributed by atoms with Crippen molar-refractivity contribution in [2.45, 2.75) is 58.8 Å². The highest BCUT2D eigenvalue weighted by atomic mass is 16.5. The predicted molar refractivity (Wildman–Crippen MR) is 83.6 cm³/mol. The number of esters is 1. The number of carbonyl (C=O) groups is 1. The van der Waals surface area contributed by atoms with E-state index in [0.29, 0.717) is 5.56 Å². The van der Waals surface area contributed by atoms with E-state index >= 15 is 0 Å². The number of benzene rings is 1. The predicted octanol–water partition coefficient (Wildman–Crippen LogP) is 5.50. The van der Waals surface area contributed by atoms with Crippen LogP contribution < -0.4 is 0 Å². The summed E-state index contributed by atoms with van der Waals surface area (Å²) in [5.41, 5.74) is 0.612. The third-order valence-corrected chi connectivity index (χ3v) is 3.16. The molecule has 0 aliphatic rings. The lowest BCUT2D eigenvalue weighted by Crippen LogP contribution is -2.05. The summed E-state index contributed by atoms with van der Waals surface area (Å²) < 4.78 is 5.51. The van der Waals surface area contributed by atoms with Gasteiger partial charge in [-0.05, 0) is 37.5 Å². The molecule has 0 spiro atoms. The molecule has 0 atom stereocenters. The van der Waals surface area contributed by atoms with Crippen LogP contribution in [-0.4, -0.2) is 5.97 Å². The van der Waals surface area contributed by atoms with Gasteiger partial charge in [-0.1, -0.05) is 51.3 Å². The van der Waals surface area contributed by atoms with Crippen molar-refractivity contribution >= 4 is 5.97 Å². The second kappa shape index (κ2) is 10.2. The van der Waals surface area contributed by atoms with E-state index in [9.17, 15) is 4.79 Å². The van der Waals surface area contributed by atoms with E-state index in [4.69, 9.17) is 4.74 Å². The van der Waals surface area contributed by atoms with E-state index in [0.717, 1.165) is 25.0 Å². The molecule has 0 aliphatic carbocycles. The summed E-state index contributed by atoms with van der Waals surface area (Å²) in [5, 5.41) is 0. The molecule has 0 saturated carbocycles. The molecule has 0 fully saturated rings. The summed E-state index contributed by atoms with van der Waals surface area (Å²) >= 11 is 0. The third kappa shape index (κ3) is 6.55. The molecule has 0 radical (unpaired) electrons. The van der Waals surface area contributed by atoms with Gasteiger partial charge in [-0.2, -0.15) is 0 Å². The Morgan fingerprint density at radius 2 is 1.80 bits per heavy atom. The second-order valence-electron chi connectivity index (χ2n) is 5.03. The molecule has 0 bridgehead atoms. The molecule has 2 nitrogen and oxygen atoms in total. The Bertz CT molecular complexity index is 407. The zero-order chi connectivity index (χ0) is 14.6. The topological polar surface area (TPSA) is 26.3 Å². The summed E-state index contributed by atoms with van der Waals surface area (Å²) in [5.74, 6) is 0.566. The fourth-order valence-corrected chi connectivity index (χ4v) is 2.03. The lowest BCUT2D eigenvalue weighted by Gasteiger charge is -2.08. The van der Waals surface area contributed by atoms with Gasteiger partial charge in [-0.3, -0.25) is 0 Å². The van der Waals surface area contributed by atoms with Gasteiger partial charge in [0.05, 0.1) is 5.56 Å². The highest BCUT2D eigenvalue weighted by Crippen LogP contribution is 2.14. The van der Waals surface area contributed by atoms with Crippen molar-refractivity contribution in [2.75, 3.05) is 0 Å². The van der Waals surface area contributed by atoms with Gasteiger partial charge in [0.1, 0.15) is 5.76 Å². The molecule has 0 unspecified atom stereocenters. The maximum absolute atomic E-state index is 12.0. The zero-order valence-electron chi connectivity index (χ0n) is 12.7. The Morgan fingerprint density at radius 3 is 2.45 bits per heavy atom. The minimum atomic E-state index is -0.251. The smallest absolute Gasteiger partial charge is 0.343 e. The Labute approximate surface area is 122 Å². The Morgan fingerprint density at radius 1 is 1.05 bits per heavy atom. The standard InChI is InChI=1S/C18H26O2/c1-3-5-6-7-11-15-17(12-4-2)20-18(19)16-13-9-8-10-14-16/h8-10,13-15H,3-7,11-12H2,1-2H3. The summed E-state index contributed by atoms with van der Waals surface area (Å²) in [6.07, 6.45) is 9.84. The first-order valence-corrected chi connectivity index (χ1v) is 7.74. The van der Waals surface area contributed by atoms with Gasteiger partial charge in [-0.25, -0.2) is 4.79 Å². The first-order chi connectivity index (χ1) is 9.77. The lowest BCUT2D eigenvalue weighted by atomic mass is 10.1. The van der Waals surface area contributed by atoms with Crippen LogP contribution in [0.4, 0.5) is 0 Å². The second-order valence-corrected chi connectivity index (χ2v) is 5.03. The number of hydrogen-bond acceptors (Lipinski definition) is 2. The number of carbonyl (C=O) groups excluding carboxylic acids is 1. The normalized spacial score (nSPS) is 11.4. The van der Waals surface area contributed by atoms with Crippen LogP contribution in [0.25, 0.3) is 0 Å². The molecule has 0 aliphatic heterocycles. The highest BCUT2D eigenvalue weighted by molar-refractivity contribution is 5.89. The van der Waals surface area contributed by atoms with Crippen molar-refractivity contribution in [1.29, 1.82) is 0 Å². The third-order valence-electron chi connectivity index (χ3n) is 3.16. The molecule has 20 heavy (non-hydrogen) atoms. The van der Waals surface area contributed by atoms with Crippen LogP contribution in [0, 0.1) is 0 Å². The van der Waals surface area contributed by atoms with Gasteiger partial charge in [0.2, 0.25) is 0 Å². The van der Waals surface area contributed by atoms with Crippen LogP contribution in [0.3, 0.4) is 0 Å². The molecular weight excluding hydrogens is 248 g/mol. The van der Waals surface area contributed by atoms with Crippen molar-refractivity contribution in [2.24, 2.45) is 0 Å². The summed E-state index contributed by atoms with van der Waals surface area (Å²) in [6.45, 7) is 4.31. The zero-order valence-corrected chi connectivity index (χ0v) is 12.7. The fraction of sp³-hybridized carbons (Fsp3) is 0.500. The average Bonchev–Trinajstić information content (AvgIpc) is 2.48. The van der Waals surface area contributed by atoms with Crippen molar-refractivity contribution in [3.8, 4) is 0 Å². The monoisotopic (exact) mass is 274 g/mol. The SMILES string of the molecule is CCCCCCC=C(CCC)OC(=O)c1ccccc1. The van der Waals surface area contributed by atoms with E-state index in [-0.39, 0.29) is 5.97 Å². The Hall–Kier alpha value is -1.57. The largest absolute Gasteiger partial charge is 0.428 e. The van der Waals surface area contributed by atoms with Gasteiger partial charge in [0.15, 0.2) is 0 Å². The minimum absolute atomic E-state index is 0.251. The van der Waals surface area contributed by atoms with E-state index < -0.39 is 0 Å². The number of ether oxygens (including phenoxy) is 1. The van der Waals surface area contributed by atoms with Gasteiger partial charge in [0, 0.05) is 6.42 Å². The summed E-state index contributed by atoms with van der Waals surface area (Å²) in [7, 11) is 0. The van der Waals surface area contributed by atoms with Crippen molar-refractivity contribution in [3.63, 3.8) is 0 Å². The van der Waals surface area contributed by atoms with E-state index in [1.54, 1.807) is 12.1 Å². The van der Waals surface area contributed by atoms with E-state index in [1.165, 1.54) is 25.7 Å². The van der Waals surface area contributed by atoms with Crippen molar-refractivity contribution < 1.29 is 9.53 Å². The first-order valence-electron chi connectivity index (χ1n) is 7.74. The van der Waals surface area contributed by atoms with E-state index in [2.05, 4.69) is 19.9 Å². The van der Waals surface area contributed by atoms with Gasteiger partial charge in [-0.15, -0.1) is 0 Å². The average molecular weight is 274 g/mol. The number of allylic oxidation sites excluding steroid dienone is 2. The lowest BCUT2D eigenvalue weighted by molar-refractivity contribution is 0.0612. The van der Waals surface area contributed by atoms with E-state index in [1.807, 2.05) is 18.2 Å². The number of unbranched alkanes of at least 4 members (excludes halogenated alkanes) is 4. The molecule has 1 rings (SSSR count). The molecule has 0 saturated heterocycles. The molecule has 0 amide bonds. The van der Waals surface area contributed by atoms with Crippen LogP contribution >= 0.6 is 0 Å². The van der Waals surface area contributed by atoms with Crippen molar-refractivity contribution in [1.82, 2.24) is 0 Å². The molecule has 0 heterocycles. The quantitative estimate of drug-likeness (QED) is 0.338. The van der Waals surface area contributed by atoms with Crippen LogP contribution in [0.1, 0.15) is 69.2 Å². The molecule has 110 valence electrons. The highest BCUT2D eigenvalue weighted by Gasteiger charge is 2.08. The number of hydrogen-bond donors (Lipinski definition) is 0. The molecule has 1 aromatic rings. The molecular formula is C18H26O2. The minimum Gasteiger partial charge on any atom is -0.428 e. The molecule has 2 heteroatoms. The Kier molecular flexibility index (Phi) is 8.44. The molecule has 0 N–H and O–H groups in total. The summed E-state index contributed by atoms with van der Waals surface area (Å²) in [4.78, 5) is 12.0.